The summed E-state index contributed by atoms with van der Waals surface area (Å²) in [7, 11) is -4.16. The van der Waals surface area contributed by atoms with Crippen LogP contribution in [0.2, 0.25) is 0 Å². The van der Waals surface area contributed by atoms with Crippen LogP contribution in [-0.4, -0.2) is 43.8 Å². The third-order valence-corrected chi connectivity index (χ3v) is 8.92. The largest absolute Gasteiger partial charge is 0.352 e. The van der Waals surface area contributed by atoms with E-state index in [9.17, 15) is 22.4 Å². The number of benzene rings is 3. The lowest BCUT2D eigenvalue weighted by Crippen LogP contribution is -2.53. The van der Waals surface area contributed by atoms with E-state index in [1.807, 2.05) is 20.8 Å². The summed E-state index contributed by atoms with van der Waals surface area (Å²) < 4.78 is 43.1. The Balaban J connectivity index is 2.05. The Labute approximate surface area is 244 Å². The van der Waals surface area contributed by atoms with Gasteiger partial charge < -0.3 is 10.2 Å². The van der Waals surface area contributed by atoms with Crippen molar-refractivity contribution >= 4 is 43.5 Å². The SMILES string of the molecule is CCC(C)NC(=O)C(CC)N(Cc1ccc(F)cc1)C(=O)CN(c1cccc(Br)c1)S(=O)(=O)c1ccc(C)cc1. The summed E-state index contributed by atoms with van der Waals surface area (Å²) in [6, 6.07) is 17.8. The van der Waals surface area contributed by atoms with E-state index in [4.69, 9.17) is 0 Å². The van der Waals surface area contributed by atoms with Crippen molar-refractivity contribution in [1.29, 1.82) is 0 Å². The molecule has 0 fully saturated rings. The van der Waals surface area contributed by atoms with Gasteiger partial charge in [0.2, 0.25) is 11.8 Å². The lowest BCUT2D eigenvalue weighted by Gasteiger charge is -2.33. The van der Waals surface area contributed by atoms with E-state index in [0.717, 1.165) is 9.87 Å². The van der Waals surface area contributed by atoms with Crippen LogP contribution in [0.3, 0.4) is 0 Å². The Kier molecular flexibility index (Phi) is 10.9. The van der Waals surface area contributed by atoms with Crippen LogP contribution in [0.5, 0.6) is 0 Å². The van der Waals surface area contributed by atoms with Crippen molar-refractivity contribution in [1.82, 2.24) is 10.2 Å². The average Bonchev–Trinajstić information content (AvgIpc) is 2.92. The fraction of sp³-hybridized carbons (Fsp3) is 0.333. The highest BCUT2D eigenvalue weighted by Gasteiger charge is 2.34. The van der Waals surface area contributed by atoms with Gasteiger partial charge in [-0.1, -0.05) is 65.7 Å². The molecule has 0 bridgehead atoms. The van der Waals surface area contributed by atoms with Crippen molar-refractivity contribution in [2.24, 2.45) is 0 Å². The average molecular weight is 633 g/mol. The predicted molar refractivity (Wildman–Crippen MR) is 159 cm³/mol. The number of rotatable bonds is 12. The summed E-state index contributed by atoms with van der Waals surface area (Å²) in [5.41, 5.74) is 1.80. The van der Waals surface area contributed by atoms with Crippen LogP contribution in [0.4, 0.5) is 10.1 Å². The molecule has 1 N–H and O–H groups in total. The minimum Gasteiger partial charge on any atom is -0.352 e. The number of carbonyl (C=O) groups excluding carboxylic acids is 2. The Hall–Kier alpha value is -3.24. The van der Waals surface area contributed by atoms with E-state index in [-0.39, 0.29) is 23.4 Å². The summed E-state index contributed by atoms with van der Waals surface area (Å²) >= 11 is 3.39. The molecule has 7 nitrogen and oxygen atoms in total. The van der Waals surface area contributed by atoms with Gasteiger partial charge in [-0.2, -0.15) is 0 Å². The number of anilines is 1. The minimum absolute atomic E-state index is 0.00243. The first-order chi connectivity index (χ1) is 19.0. The summed E-state index contributed by atoms with van der Waals surface area (Å²) in [6.45, 7) is 6.93. The topological polar surface area (TPSA) is 86.8 Å². The van der Waals surface area contributed by atoms with E-state index in [1.165, 1.54) is 29.2 Å². The number of sulfonamides is 1. The maximum Gasteiger partial charge on any atom is 0.264 e. The number of carbonyl (C=O) groups is 2. The number of hydrogen-bond donors (Lipinski definition) is 1. The molecule has 2 atom stereocenters. The Morgan fingerprint density at radius 3 is 2.20 bits per heavy atom. The molecule has 2 unspecified atom stereocenters. The Morgan fingerprint density at radius 2 is 1.62 bits per heavy atom. The van der Waals surface area contributed by atoms with Gasteiger partial charge in [-0.3, -0.25) is 13.9 Å². The van der Waals surface area contributed by atoms with Crippen LogP contribution in [0.15, 0.2) is 82.2 Å². The zero-order valence-electron chi connectivity index (χ0n) is 23.1. The van der Waals surface area contributed by atoms with Crippen molar-refractivity contribution in [3.63, 3.8) is 0 Å². The maximum atomic E-state index is 14.0. The molecule has 0 heterocycles. The number of amides is 2. The predicted octanol–water partition coefficient (Wildman–Crippen LogP) is 5.81. The molecule has 3 aromatic carbocycles. The Morgan fingerprint density at radius 1 is 0.975 bits per heavy atom. The third-order valence-electron chi connectivity index (χ3n) is 6.64. The molecule has 0 aliphatic rings. The molecule has 214 valence electrons. The van der Waals surface area contributed by atoms with Crippen LogP contribution in [-0.2, 0) is 26.2 Å². The van der Waals surface area contributed by atoms with Crippen LogP contribution >= 0.6 is 15.9 Å². The Bertz CT molecular complexity index is 1420. The summed E-state index contributed by atoms with van der Waals surface area (Å²) in [5, 5.41) is 2.93. The highest BCUT2D eigenvalue weighted by molar-refractivity contribution is 9.10. The molecule has 0 aliphatic carbocycles. The molecular formula is C30H35BrFN3O4S. The van der Waals surface area contributed by atoms with Crippen LogP contribution < -0.4 is 9.62 Å². The second kappa shape index (κ2) is 13.9. The number of hydrogen-bond acceptors (Lipinski definition) is 4. The van der Waals surface area contributed by atoms with Crippen molar-refractivity contribution in [3.8, 4) is 0 Å². The maximum absolute atomic E-state index is 14.0. The normalized spacial score (nSPS) is 12.8. The van der Waals surface area contributed by atoms with E-state index < -0.39 is 34.3 Å². The molecule has 40 heavy (non-hydrogen) atoms. The number of aryl methyl sites for hydroxylation is 1. The van der Waals surface area contributed by atoms with E-state index >= 15 is 0 Å². The van der Waals surface area contributed by atoms with Gasteiger partial charge in [0, 0.05) is 17.1 Å². The first kappa shape index (κ1) is 31.3. The van der Waals surface area contributed by atoms with Crippen molar-refractivity contribution in [3.05, 3.63) is 94.2 Å². The lowest BCUT2D eigenvalue weighted by atomic mass is 10.1. The van der Waals surface area contributed by atoms with Crippen molar-refractivity contribution in [2.45, 2.75) is 64.1 Å². The summed E-state index contributed by atoms with van der Waals surface area (Å²) in [5.74, 6) is -1.32. The third kappa shape index (κ3) is 7.91. The van der Waals surface area contributed by atoms with Gasteiger partial charge in [-0.25, -0.2) is 12.8 Å². The molecule has 0 saturated carbocycles. The zero-order valence-corrected chi connectivity index (χ0v) is 25.5. The fourth-order valence-corrected chi connectivity index (χ4v) is 5.94. The second-order valence-electron chi connectivity index (χ2n) is 9.69. The molecule has 0 aliphatic heterocycles. The molecule has 10 heteroatoms. The van der Waals surface area contributed by atoms with Gasteiger partial charge in [0.25, 0.3) is 10.0 Å². The molecule has 3 aromatic rings. The first-order valence-electron chi connectivity index (χ1n) is 13.2. The molecule has 3 rings (SSSR count). The standard InChI is InChI=1S/C30H35BrFN3O4S/c1-5-22(4)33-30(37)28(6-2)34(19-23-12-14-25(32)15-13-23)29(36)20-35(26-9-7-8-24(31)18-26)40(38,39)27-16-10-21(3)11-17-27/h7-18,22,28H,5-6,19-20H2,1-4H3,(H,33,37). The van der Waals surface area contributed by atoms with Crippen LogP contribution in [0.25, 0.3) is 0 Å². The van der Waals surface area contributed by atoms with Crippen LogP contribution in [0, 0.1) is 12.7 Å². The minimum atomic E-state index is -4.16. The van der Waals surface area contributed by atoms with Crippen LogP contribution in [0.1, 0.15) is 44.7 Å². The molecular weight excluding hydrogens is 597 g/mol. The van der Waals surface area contributed by atoms with Crippen molar-refractivity contribution < 1.29 is 22.4 Å². The van der Waals surface area contributed by atoms with E-state index in [2.05, 4.69) is 21.2 Å². The summed E-state index contributed by atoms with van der Waals surface area (Å²) in [6.07, 6.45) is 1.01. The summed E-state index contributed by atoms with van der Waals surface area (Å²) in [4.78, 5) is 28.7. The molecule has 0 radical (unpaired) electrons. The highest BCUT2D eigenvalue weighted by atomic mass is 79.9. The molecule has 0 aromatic heterocycles. The quantitative estimate of drug-likeness (QED) is 0.273. The molecule has 2 amide bonds. The van der Waals surface area contributed by atoms with E-state index in [1.54, 1.807) is 55.5 Å². The van der Waals surface area contributed by atoms with Gasteiger partial charge in [0.15, 0.2) is 0 Å². The monoisotopic (exact) mass is 631 g/mol. The van der Waals surface area contributed by atoms with Gasteiger partial charge in [-0.15, -0.1) is 0 Å². The fourth-order valence-electron chi connectivity index (χ4n) is 4.14. The van der Waals surface area contributed by atoms with E-state index in [0.29, 0.717) is 28.6 Å². The molecule has 0 saturated heterocycles. The van der Waals surface area contributed by atoms with Gasteiger partial charge >= 0.3 is 0 Å². The number of nitrogens with zero attached hydrogens (tertiary/aromatic N) is 2. The lowest BCUT2D eigenvalue weighted by molar-refractivity contribution is -0.140. The highest BCUT2D eigenvalue weighted by Crippen LogP contribution is 2.27. The van der Waals surface area contributed by atoms with Gasteiger partial charge in [0.1, 0.15) is 18.4 Å². The smallest absolute Gasteiger partial charge is 0.264 e. The van der Waals surface area contributed by atoms with Crippen molar-refractivity contribution in [2.75, 3.05) is 10.8 Å². The second-order valence-corrected chi connectivity index (χ2v) is 12.5. The first-order valence-corrected chi connectivity index (χ1v) is 15.4. The number of nitrogens with one attached hydrogen (secondary N) is 1. The van der Waals surface area contributed by atoms with Gasteiger partial charge in [-0.05, 0) is 74.7 Å². The number of halogens is 2. The van der Waals surface area contributed by atoms with Gasteiger partial charge in [0.05, 0.1) is 10.6 Å². The molecule has 0 spiro atoms. The zero-order chi connectivity index (χ0) is 29.4.